The molecule has 1 saturated carbocycles. The number of aromatic nitrogens is 1. The van der Waals surface area contributed by atoms with E-state index >= 15 is 0 Å². The number of aryl methyl sites for hydroxylation is 1. The molecule has 2 N–H and O–H groups in total. The van der Waals surface area contributed by atoms with Crippen molar-refractivity contribution < 1.29 is 27.5 Å². The first kappa shape index (κ1) is 32.6. The number of alkyl halides is 3. The SMILES string of the molecule is O=C1C=C(Oc2ccccc2CCCCCCCCCC(F)(F)F)C2=CCN(C(CC3CCCC3)C(=O)Nc3ccc[nH]3)C2=C1. The van der Waals surface area contributed by atoms with Crippen LogP contribution in [0.2, 0.25) is 0 Å². The molecule has 6 nitrogen and oxygen atoms in total. The molecule has 2 heterocycles. The summed E-state index contributed by atoms with van der Waals surface area (Å²) < 4.78 is 43.4. The predicted molar refractivity (Wildman–Crippen MR) is 170 cm³/mol. The van der Waals surface area contributed by atoms with Crippen molar-refractivity contribution in [2.24, 2.45) is 5.92 Å². The molecule has 9 heteroatoms. The van der Waals surface area contributed by atoms with Gasteiger partial charge in [-0.25, -0.2) is 0 Å². The molecule has 1 fully saturated rings. The van der Waals surface area contributed by atoms with Crippen LogP contribution in [0.1, 0.15) is 89.0 Å². The molecular weight excluding hydrogens is 579 g/mol. The Labute approximate surface area is 263 Å². The Morgan fingerprint density at radius 1 is 0.978 bits per heavy atom. The highest BCUT2D eigenvalue weighted by Gasteiger charge is 2.37. The van der Waals surface area contributed by atoms with Crippen LogP contribution in [0, 0.1) is 5.92 Å². The Kier molecular flexibility index (Phi) is 11.2. The van der Waals surface area contributed by atoms with Crippen LogP contribution in [-0.2, 0) is 16.0 Å². The topological polar surface area (TPSA) is 74.4 Å². The van der Waals surface area contributed by atoms with Crippen molar-refractivity contribution in [3.8, 4) is 5.75 Å². The maximum atomic E-state index is 13.6. The van der Waals surface area contributed by atoms with Gasteiger partial charge >= 0.3 is 6.18 Å². The van der Waals surface area contributed by atoms with Crippen LogP contribution in [0.25, 0.3) is 0 Å². The summed E-state index contributed by atoms with van der Waals surface area (Å²) in [5.41, 5.74) is 2.61. The minimum atomic E-state index is -4.06. The number of carbonyl (C=O) groups is 2. The molecule has 0 spiro atoms. The van der Waals surface area contributed by atoms with Gasteiger partial charge in [-0.15, -0.1) is 0 Å². The molecule has 0 saturated heterocycles. The molecule has 1 amide bonds. The molecule has 1 unspecified atom stereocenters. The van der Waals surface area contributed by atoms with E-state index in [0.717, 1.165) is 74.6 Å². The van der Waals surface area contributed by atoms with Gasteiger partial charge in [0, 0.05) is 36.9 Å². The Morgan fingerprint density at radius 3 is 2.44 bits per heavy atom. The summed E-state index contributed by atoms with van der Waals surface area (Å²) in [5, 5.41) is 3.03. The van der Waals surface area contributed by atoms with Crippen molar-refractivity contribution >= 4 is 17.5 Å². The Balaban J connectivity index is 1.18. The van der Waals surface area contributed by atoms with Gasteiger partial charge in [-0.1, -0.05) is 82.1 Å². The van der Waals surface area contributed by atoms with E-state index in [-0.39, 0.29) is 18.1 Å². The molecule has 45 heavy (non-hydrogen) atoms. The number of unbranched alkanes of at least 4 members (excludes halogenated alkanes) is 6. The molecule has 1 atom stereocenters. The van der Waals surface area contributed by atoms with Gasteiger partial charge in [0.2, 0.25) is 5.91 Å². The van der Waals surface area contributed by atoms with E-state index in [1.54, 1.807) is 12.3 Å². The molecular formula is C36H44F3N3O3. The van der Waals surface area contributed by atoms with Gasteiger partial charge < -0.3 is 19.9 Å². The van der Waals surface area contributed by atoms with Crippen LogP contribution in [0.5, 0.6) is 5.75 Å². The maximum Gasteiger partial charge on any atom is 0.389 e. The van der Waals surface area contributed by atoms with E-state index in [0.29, 0.717) is 36.2 Å². The lowest BCUT2D eigenvalue weighted by Gasteiger charge is -2.33. The number of amides is 1. The van der Waals surface area contributed by atoms with Crippen molar-refractivity contribution in [1.29, 1.82) is 0 Å². The first-order valence-electron chi connectivity index (χ1n) is 16.5. The van der Waals surface area contributed by atoms with Crippen molar-refractivity contribution in [2.75, 3.05) is 11.9 Å². The molecule has 1 aromatic heterocycles. The van der Waals surface area contributed by atoms with Gasteiger partial charge in [0.05, 0.1) is 5.70 Å². The predicted octanol–water partition coefficient (Wildman–Crippen LogP) is 8.80. The van der Waals surface area contributed by atoms with Gasteiger partial charge in [-0.05, 0) is 55.4 Å². The van der Waals surface area contributed by atoms with E-state index < -0.39 is 18.6 Å². The monoisotopic (exact) mass is 623 g/mol. The molecule has 3 aliphatic rings. The van der Waals surface area contributed by atoms with Crippen LogP contribution in [-0.4, -0.2) is 40.3 Å². The van der Waals surface area contributed by atoms with Crippen molar-refractivity contribution in [3.63, 3.8) is 0 Å². The van der Waals surface area contributed by atoms with E-state index in [2.05, 4.69) is 15.2 Å². The second-order valence-electron chi connectivity index (χ2n) is 12.5. The number of nitrogens with one attached hydrogen (secondary N) is 2. The number of fused-ring (bicyclic) bond motifs is 1. The molecule has 1 aromatic carbocycles. The summed E-state index contributed by atoms with van der Waals surface area (Å²) in [4.78, 5) is 31.7. The molecule has 2 aliphatic carbocycles. The number of halogens is 3. The third-order valence-electron chi connectivity index (χ3n) is 9.06. The van der Waals surface area contributed by atoms with Gasteiger partial charge in [0.15, 0.2) is 5.78 Å². The minimum Gasteiger partial charge on any atom is -0.456 e. The first-order valence-corrected chi connectivity index (χ1v) is 16.5. The Hall–Kier alpha value is -3.75. The number of aromatic amines is 1. The highest BCUT2D eigenvalue weighted by atomic mass is 19.4. The van der Waals surface area contributed by atoms with Crippen LogP contribution in [0.15, 0.2) is 77.9 Å². The number of ether oxygens (including phenoxy) is 1. The second-order valence-corrected chi connectivity index (χ2v) is 12.5. The Morgan fingerprint density at radius 2 is 1.71 bits per heavy atom. The van der Waals surface area contributed by atoms with Gasteiger partial charge in [-0.3, -0.25) is 9.59 Å². The normalized spacial score (nSPS) is 17.5. The van der Waals surface area contributed by atoms with Crippen LogP contribution >= 0.6 is 0 Å². The summed E-state index contributed by atoms with van der Waals surface area (Å²) in [6.45, 7) is 0.516. The number of benzene rings is 1. The number of para-hydroxylation sites is 1. The smallest absolute Gasteiger partial charge is 0.389 e. The van der Waals surface area contributed by atoms with Gasteiger partial charge in [0.1, 0.15) is 23.4 Å². The number of carbonyl (C=O) groups excluding carboxylic acids is 2. The van der Waals surface area contributed by atoms with E-state index in [9.17, 15) is 22.8 Å². The van der Waals surface area contributed by atoms with E-state index in [1.807, 2.05) is 42.5 Å². The van der Waals surface area contributed by atoms with Gasteiger partial charge in [-0.2, -0.15) is 13.2 Å². The average Bonchev–Trinajstić information content (AvgIpc) is 3.78. The highest BCUT2D eigenvalue weighted by Crippen LogP contribution is 2.38. The molecule has 2 aromatic rings. The van der Waals surface area contributed by atoms with E-state index in [4.69, 9.17) is 4.74 Å². The Bertz CT molecular complexity index is 1390. The fourth-order valence-electron chi connectivity index (χ4n) is 6.71. The summed E-state index contributed by atoms with van der Waals surface area (Å²) in [5.74, 6) is 2.07. The zero-order valence-corrected chi connectivity index (χ0v) is 25.8. The molecule has 5 rings (SSSR count). The van der Waals surface area contributed by atoms with Crippen molar-refractivity contribution in [1.82, 2.24) is 9.88 Å². The van der Waals surface area contributed by atoms with Gasteiger partial charge in [0.25, 0.3) is 0 Å². The third kappa shape index (κ3) is 9.38. The lowest BCUT2D eigenvalue weighted by molar-refractivity contribution is -0.135. The number of ketones is 1. The summed E-state index contributed by atoms with van der Waals surface area (Å²) in [6.07, 6.45) is 13.9. The van der Waals surface area contributed by atoms with Crippen LogP contribution in [0.3, 0.4) is 0 Å². The maximum absolute atomic E-state index is 13.6. The van der Waals surface area contributed by atoms with Crippen molar-refractivity contribution in [3.05, 3.63) is 83.4 Å². The summed E-state index contributed by atoms with van der Waals surface area (Å²) in [6, 6.07) is 11.1. The number of H-pyrrole nitrogens is 1. The summed E-state index contributed by atoms with van der Waals surface area (Å²) >= 11 is 0. The average molecular weight is 624 g/mol. The summed E-state index contributed by atoms with van der Waals surface area (Å²) in [7, 11) is 0. The first-order chi connectivity index (χ1) is 21.8. The zero-order valence-electron chi connectivity index (χ0n) is 25.8. The van der Waals surface area contributed by atoms with E-state index in [1.165, 1.54) is 18.9 Å². The third-order valence-corrected chi connectivity index (χ3v) is 9.06. The number of hydrogen-bond donors (Lipinski definition) is 2. The fourth-order valence-corrected chi connectivity index (χ4v) is 6.71. The number of anilines is 1. The van der Waals surface area contributed by atoms with Crippen molar-refractivity contribution in [2.45, 2.75) is 102 Å². The lowest BCUT2D eigenvalue weighted by atomic mass is 9.95. The van der Waals surface area contributed by atoms with Crippen LogP contribution < -0.4 is 10.1 Å². The second kappa shape index (κ2) is 15.5. The molecule has 1 aliphatic heterocycles. The standard InChI is InChI=1S/C36H44F3N3O3/c37-36(38,39)20-11-5-3-1-2-4-6-15-27-16-9-10-17-32(27)45-33-25-28(43)24-30-29(33)19-22-42(30)31(23-26-13-7-8-14-26)35(44)41-34-18-12-21-40-34/h9-10,12,16-19,21,24-26,31,40H,1-8,11,13-15,20,22-23H2,(H,41,44). The fraction of sp³-hybridized carbons (Fsp3) is 0.500. The lowest BCUT2D eigenvalue weighted by Crippen LogP contribution is -2.44. The number of nitrogens with zero attached hydrogens (tertiary/aromatic N) is 1. The van der Waals surface area contributed by atoms with Crippen LogP contribution in [0.4, 0.5) is 19.0 Å². The minimum absolute atomic E-state index is 0.0870. The quantitative estimate of drug-likeness (QED) is 0.183. The molecule has 0 radical (unpaired) electrons. The number of allylic oxidation sites excluding steroid dienone is 2. The zero-order chi connectivity index (χ0) is 31.6. The molecule has 0 bridgehead atoms. The largest absolute Gasteiger partial charge is 0.456 e. The molecule has 242 valence electrons. The number of hydrogen-bond acceptors (Lipinski definition) is 4. The number of rotatable bonds is 16. The highest BCUT2D eigenvalue weighted by molar-refractivity contribution is 6.03.